The van der Waals surface area contributed by atoms with Gasteiger partial charge in [0.2, 0.25) is 47.3 Å². The SMILES string of the molecule is C=NN1/C=C(\N=O)C[C@@H](C(=C)OC)NC(=O)[C@H](Cc2ccc3ccccc3c2)NC(=O)[C@@H]2CN(CCN2C(=O)[C@@H](NC(=O)[C@H](C)NC)C(C)C)CCn2cc(nn2)C[C@@H](C(=O)O)NC(=O)[C@H](Cc2ccc3ccccc3c2)NC(=O)[C@@H]2CN(CC1)CCN2C(=O)[C@@H](NC(=O)[C@H](C)NC)C(C)C. The summed E-state index contributed by atoms with van der Waals surface area (Å²) in [5.74, 6) is -7.25. The summed E-state index contributed by atoms with van der Waals surface area (Å²) in [5, 5.41) is 54.7. The third-order valence-electron chi connectivity index (χ3n) is 18.9. The Balaban J connectivity index is 1.18. The van der Waals surface area contributed by atoms with Crippen molar-refractivity contribution < 1.29 is 53.0 Å². The third-order valence-corrected chi connectivity index (χ3v) is 18.9. The minimum atomic E-state index is -1.60. The van der Waals surface area contributed by atoms with Crippen LogP contribution in [0.1, 0.15) is 64.8 Å². The van der Waals surface area contributed by atoms with Crippen molar-refractivity contribution in [1.29, 1.82) is 0 Å². The number of methoxy groups -OCH3 is 1. The van der Waals surface area contributed by atoms with Crippen LogP contribution in [-0.4, -0.2) is 245 Å². The van der Waals surface area contributed by atoms with E-state index in [-0.39, 0.29) is 108 Å². The van der Waals surface area contributed by atoms with Crippen LogP contribution >= 0.6 is 0 Å². The zero-order valence-electron chi connectivity index (χ0n) is 58.9. The van der Waals surface area contributed by atoms with Crippen molar-refractivity contribution in [1.82, 2.24) is 82.1 Å². The predicted molar refractivity (Wildman–Crippen MR) is 380 cm³/mol. The fraction of sp³-hybridized carbons (Fsp3) is 0.493. The quantitative estimate of drug-likeness (QED) is 0.0319. The summed E-state index contributed by atoms with van der Waals surface area (Å²) in [6.07, 6.45) is 2.03. The number of aromatic nitrogens is 3. The average Bonchev–Trinajstić information content (AvgIpc) is 1.03. The van der Waals surface area contributed by atoms with Gasteiger partial charge in [0, 0.05) is 97.2 Å². The highest BCUT2D eigenvalue weighted by Gasteiger charge is 2.44. The molecule has 30 heteroatoms. The standard InChI is InChI=1S/C71H96N18O12/c1-42(2)61(79-63(90)44(5)72-8)69(96)88-30-26-84-24-28-86(74-10)39-54(82-100)37-55(46(7)101-11)75-65(92)56(34-47-20-22-49-16-12-14-18-51(49)32-47)76-67(94)60-41-85(27-31-89(60)70(97)62(43(3)4)80-64(91)45(6)73-9)25-29-87-38-53(81-83-87)36-58(71(98)99)78-66(93)57(77-68(95)59(88)40-84)35-48-21-23-50-17-13-15-19-52(50)33-48/h12-23,32-33,38-39,42-45,55-62,72-73H,7,10,24-31,34-37,40-41H2,1-6,8-9,11H3,(H,75,92)(H,76,94)(H,77,95)(H,78,93)(H,79,90)(H,80,91)(H,98,99)/b54-39-/t44-,45-,55-,56-,57-,58-,59-,60-,61-,62-/m0/s1. The van der Waals surface area contributed by atoms with Crippen LogP contribution in [0.2, 0.25) is 0 Å². The van der Waals surface area contributed by atoms with E-state index in [2.05, 4.69) is 76.4 Å². The molecule has 1 aromatic heterocycles. The number of nitrogens with zero attached hydrogens (tertiary/aromatic N) is 10. The van der Waals surface area contributed by atoms with Gasteiger partial charge in [0.15, 0.2) is 0 Å². The Labute approximate surface area is 587 Å². The summed E-state index contributed by atoms with van der Waals surface area (Å²) in [6.45, 7) is 18.9. The molecule has 0 aliphatic carbocycles. The molecule has 2 fully saturated rings. The van der Waals surface area contributed by atoms with Crippen molar-refractivity contribution in [2.75, 3.05) is 80.1 Å². The lowest BCUT2D eigenvalue weighted by molar-refractivity contribution is -0.148. The number of aliphatic carboxylic acids is 1. The van der Waals surface area contributed by atoms with Gasteiger partial charge >= 0.3 is 5.97 Å². The number of nitroso groups, excluding NO2 is 1. The minimum absolute atomic E-state index is 0.00803. The zero-order chi connectivity index (χ0) is 73.2. The summed E-state index contributed by atoms with van der Waals surface area (Å²) < 4.78 is 7.10. The summed E-state index contributed by atoms with van der Waals surface area (Å²) in [4.78, 5) is 150. The summed E-state index contributed by atoms with van der Waals surface area (Å²) in [7, 11) is 4.56. The maximum Gasteiger partial charge on any atom is 0.326 e. The van der Waals surface area contributed by atoms with Crippen molar-refractivity contribution in [3.05, 3.63) is 137 Å². The minimum Gasteiger partial charge on any atom is -0.500 e. The third kappa shape index (κ3) is 20.3. The summed E-state index contributed by atoms with van der Waals surface area (Å²) >= 11 is 0. The van der Waals surface area contributed by atoms with Crippen molar-refractivity contribution >= 4 is 81.5 Å². The smallest absolute Gasteiger partial charge is 0.326 e. The fourth-order valence-corrected chi connectivity index (χ4v) is 12.5. The first-order valence-electron chi connectivity index (χ1n) is 34.1. The van der Waals surface area contributed by atoms with E-state index >= 15 is 14.4 Å². The van der Waals surface area contributed by atoms with Crippen LogP contribution in [0.5, 0.6) is 0 Å². The van der Waals surface area contributed by atoms with Gasteiger partial charge < -0.3 is 62.2 Å². The Morgan fingerprint density at radius 2 is 1.07 bits per heavy atom. The van der Waals surface area contributed by atoms with Crippen LogP contribution in [0, 0.1) is 16.7 Å². The highest BCUT2D eigenvalue weighted by Crippen LogP contribution is 2.24. The van der Waals surface area contributed by atoms with Gasteiger partial charge in [-0.25, -0.2) is 4.79 Å². The van der Waals surface area contributed by atoms with Crippen molar-refractivity contribution in [3.8, 4) is 0 Å². The molecule has 4 aromatic carbocycles. The van der Waals surface area contributed by atoms with Crippen LogP contribution in [-0.2, 0) is 73.7 Å². The Hall–Kier alpha value is -10.0. The van der Waals surface area contributed by atoms with Crippen LogP contribution < -0.4 is 42.5 Å². The number of hydrogen-bond donors (Lipinski definition) is 9. The molecular weight excluding hydrogens is 1300 g/mol. The molecule has 0 radical (unpaired) electrons. The van der Waals surface area contributed by atoms with Crippen molar-refractivity contribution in [3.63, 3.8) is 0 Å². The first kappa shape index (κ1) is 76.7. The number of carboxylic acid groups (broad SMARTS) is 1. The Morgan fingerprint density at radius 3 is 1.50 bits per heavy atom. The van der Waals surface area contributed by atoms with Crippen molar-refractivity contribution in [2.24, 2.45) is 22.1 Å². The molecule has 30 nitrogen and oxygen atoms in total. The Bertz CT molecular complexity index is 3860. The number of likely N-dealkylation sites (N-methyl/N-ethyl adjacent to an activating group) is 2. The van der Waals surface area contributed by atoms with Gasteiger partial charge in [-0.05, 0) is 77.6 Å². The number of carbonyl (C=O) groups excluding carboxylic acids is 8. The molecule has 9 N–H and O–H groups in total. The van der Waals surface area contributed by atoms with Gasteiger partial charge in [0.1, 0.15) is 53.7 Å². The second-order valence-electron chi connectivity index (χ2n) is 26.6. The molecule has 5 aromatic rings. The number of hydrogen-bond acceptors (Lipinski definition) is 20. The number of hydrazone groups is 1. The number of rotatable bonds is 19. The second-order valence-corrected chi connectivity index (χ2v) is 26.6. The second kappa shape index (κ2) is 35.8. The van der Waals surface area contributed by atoms with E-state index in [1.807, 2.05) is 88.7 Å². The molecule has 0 saturated carbocycles. The van der Waals surface area contributed by atoms with Crippen LogP contribution in [0.15, 0.2) is 126 Å². The Morgan fingerprint density at radius 1 is 0.614 bits per heavy atom. The largest absolute Gasteiger partial charge is 0.500 e. The first-order chi connectivity index (χ1) is 48.3. The highest BCUT2D eigenvalue weighted by molar-refractivity contribution is 5.98. The van der Waals surface area contributed by atoms with Crippen LogP contribution in [0.25, 0.3) is 21.5 Å². The lowest BCUT2D eigenvalue weighted by Gasteiger charge is -2.43. The molecule has 4 heterocycles. The van der Waals surface area contributed by atoms with E-state index < -0.39 is 125 Å². The van der Waals surface area contributed by atoms with Crippen LogP contribution in [0.3, 0.4) is 0 Å². The van der Waals surface area contributed by atoms with Crippen LogP contribution in [0.4, 0.5) is 0 Å². The van der Waals surface area contributed by atoms with Gasteiger partial charge in [-0.3, -0.25) is 57.8 Å². The molecule has 542 valence electrons. The lowest BCUT2D eigenvalue weighted by atomic mass is 9.98. The van der Waals surface area contributed by atoms with E-state index in [1.165, 1.54) is 39.0 Å². The van der Waals surface area contributed by atoms with E-state index in [4.69, 9.17) is 4.74 Å². The summed E-state index contributed by atoms with van der Waals surface area (Å²) in [6, 6.07) is 14.8. The van der Waals surface area contributed by atoms with Gasteiger partial charge in [-0.2, -0.15) is 5.10 Å². The molecule has 2 unspecified atom stereocenters. The fourth-order valence-electron chi connectivity index (χ4n) is 12.5. The van der Waals surface area contributed by atoms with E-state index in [0.29, 0.717) is 11.1 Å². The maximum atomic E-state index is 15.4. The van der Waals surface area contributed by atoms with Gasteiger partial charge in [0.05, 0.1) is 44.0 Å². The maximum absolute atomic E-state index is 15.4. The number of nitrogens with one attached hydrogen (secondary N) is 8. The molecule has 6 bridgehead atoms. The monoisotopic (exact) mass is 1390 g/mol. The highest BCUT2D eigenvalue weighted by atomic mass is 16.5. The molecule has 8 rings (SSSR count). The predicted octanol–water partition coefficient (Wildman–Crippen LogP) is 1.25. The molecule has 3 aliphatic rings. The molecule has 12 atom stereocenters. The molecular formula is C71H96N18O12. The normalized spacial score (nSPS) is 23.5. The number of fused-ring (bicyclic) bond motifs is 8. The number of ether oxygens (including phenoxy) is 1. The van der Waals surface area contributed by atoms with E-state index in [0.717, 1.165) is 21.5 Å². The average molecular weight is 1390 g/mol. The van der Waals surface area contributed by atoms with E-state index in [1.54, 1.807) is 61.7 Å². The van der Waals surface area contributed by atoms with E-state index in [9.17, 15) is 38.8 Å². The number of piperazine rings is 2. The molecule has 101 heavy (non-hydrogen) atoms. The molecule has 3 aliphatic heterocycles. The number of carbonyl (C=O) groups is 9. The molecule has 8 amide bonds. The first-order valence-corrected chi connectivity index (χ1v) is 34.1. The molecule has 2 saturated heterocycles. The van der Waals surface area contributed by atoms with Gasteiger partial charge in [-0.15, -0.1) is 10.0 Å². The lowest BCUT2D eigenvalue weighted by Crippen LogP contribution is -2.66. The number of benzene rings is 4. The zero-order valence-corrected chi connectivity index (χ0v) is 58.9. The van der Waals surface area contributed by atoms with Gasteiger partial charge in [-0.1, -0.05) is 124 Å². The topological polar surface area (TPSA) is 368 Å². The van der Waals surface area contributed by atoms with Gasteiger partial charge in [0.25, 0.3) is 0 Å². The number of carboxylic acids is 1. The number of amides is 8. The van der Waals surface area contributed by atoms with Crippen molar-refractivity contribution in [2.45, 2.75) is 134 Å². The summed E-state index contributed by atoms with van der Waals surface area (Å²) in [5.41, 5.74) is 1.33. The Kier molecular flexibility index (Phi) is 27.2. The molecule has 0 spiro atoms.